The van der Waals surface area contributed by atoms with Crippen LogP contribution < -0.4 is 5.32 Å². The lowest BCUT2D eigenvalue weighted by molar-refractivity contribution is 0.0911. The van der Waals surface area contributed by atoms with Crippen molar-refractivity contribution in [2.24, 2.45) is 0 Å². The molecule has 0 bridgehead atoms. The van der Waals surface area contributed by atoms with Crippen LogP contribution in [0.4, 0.5) is 0 Å². The number of ketones is 1. The molecule has 0 aliphatic carbocycles. The lowest BCUT2D eigenvalue weighted by Gasteiger charge is -2.13. The summed E-state index contributed by atoms with van der Waals surface area (Å²) in [5.74, 6) is 3.39. The van der Waals surface area contributed by atoms with E-state index in [2.05, 4.69) is 11.2 Å². The Labute approximate surface area is 139 Å². The molecule has 4 rings (SSSR count). The molecule has 1 aliphatic heterocycles. The lowest BCUT2D eigenvalue weighted by atomic mass is 10.1. The molecule has 0 fully saturated rings. The molecule has 1 aliphatic rings. The molecule has 1 atom stereocenters. The first-order chi connectivity index (χ1) is 11.5. The zero-order chi connectivity index (χ0) is 16.9. The minimum atomic E-state index is -2.86. The van der Waals surface area contributed by atoms with Crippen LogP contribution in [0.15, 0.2) is 59.6 Å². The predicted molar refractivity (Wildman–Crippen MR) is 94.0 cm³/mol. The Balaban J connectivity index is 2.08. The summed E-state index contributed by atoms with van der Waals surface area (Å²) < 4.78 is 14.9. The zero-order valence-corrected chi connectivity index (χ0v) is 13.5. The van der Waals surface area contributed by atoms with Gasteiger partial charge in [-0.25, -0.2) is 4.21 Å². The van der Waals surface area contributed by atoms with E-state index in [1.165, 1.54) is 3.97 Å². The topological polar surface area (TPSA) is 68.2 Å². The average Bonchev–Trinajstić information content (AvgIpc) is 2.95. The van der Waals surface area contributed by atoms with Crippen molar-refractivity contribution in [2.45, 2.75) is 4.90 Å². The Morgan fingerprint density at radius 2 is 1.75 bits per heavy atom. The quantitative estimate of drug-likeness (QED) is 0.728. The van der Waals surface area contributed by atoms with Gasteiger partial charge < -0.3 is 5.32 Å². The van der Waals surface area contributed by atoms with Gasteiger partial charge in [0, 0.05) is 27.6 Å². The van der Waals surface area contributed by atoms with Crippen LogP contribution in [0.25, 0.3) is 10.9 Å². The van der Waals surface area contributed by atoms with Crippen molar-refractivity contribution in [3.63, 3.8) is 0 Å². The SMILES string of the molecule is C=S(=O)(c1ccccc1)n1cc2c3c(cccc31)C(=O)NCC2=O. The first kappa shape index (κ1) is 14.7. The Morgan fingerprint density at radius 1 is 1.00 bits per heavy atom. The Bertz CT molecular complexity index is 1100. The number of amides is 1. The number of carbonyl (C=O) groups excluding carboxylic acids is 2. The fourth-order valence-corrected chi connectivity index (χ4v) is 4.56. The predicted octanol–water partition coefficient (Wildman–Crippen LogP) is 2.11. The molecule has 0 saturated carbocycles. The number of nitrogens with zero attached hydrogens (tertiary/aromatic N) is 1. The summed E-state index contributed by atoms with van der Waals surface area (Å²) in [6, 6.07) is 14.0. The zero-order valence-electron chi connectivity index (χ0n) is 12.7. The number of aromatic nitrogens is 1. The van der Waals surface area contributed by atoms with Crippen molar-refractivity contribution in [3.05, 3.63) is 65.9 Å². The molecule has 3 aromatic rings. The van der Waals surface area contributed by atoms with Crippen LogP contribution in [0.5, 0.6) is 0 Å². The number of nitrogens with one attached hydrogen (secondary N) is 1. The van der Waals surface area contributed by atoms with Gasteiger partial charge in [-0.2, -0.15) is 0 Å². The molecule has 2 aromatic carbocycles. The van der Waals surface area contributed by atoms with Crippen LogP contribution in [0.2, 0.25) is 0 Å². The number of hydrogen-bond donors (Lipinski definition) is 1. The second-order valence-electron chi connectivity index (χ2n) is 5.63. The van der Waals surface area contributed by atoms with Gasteiger partial charge in [0.05, 0.1) is 21.8 Å². The van der Waals surface area contributed by atoms with Gasteiger partial charge in [0.15, 0.2) is 5.78 Å². The van der Waals surface area contributed by atoms with E-state index in [4.69, 9.17) is 0 Å². The van der Waals surface area contributed by atoms with Crippen LogP contribution >= 0.6 is 0 Å². The second-order valence-corrected chi connectivity index (χ2v) is 7.77. The van der Waals surface area contributed by atoms with Crippen LogP contribution in [-0.4, -0.2) is 32.3 Å². The summed E-state index contributed by atoms with van der Waals surface area (Å²) in [6.07, 6.45) is 1.55. The maximum Gasteiger partial charge on any atom is 0.252 e. The van der Waals surface area contributed by atoms with E-state index in [1.807, 2.05) is 6.07 Å². The second kappa shape index (κ2) is 5.07. The van der Waals surface area contributed by atoms with Crippen LogP contribution in [0.3, 0.4) is 0 Å². The normalized spacial score (nSPS) is 16.5. The molecule has 1 N–H and O–H groups in total. The van der Waals surface area contributed by atoms with E-state index < -0.39 is 9.71 Å². The fraction of sp³-hybridized carbons (Fsp3) is 0.0556. The third kappa shape index (κ3) is 2.00. The standard InChI is InChI=1S/C18H14N2O3S/c1-24(23,12-6-3-2-4-7-12)20-11-14-16(21)10-19-18(22)13-8-5-9-15(20)17(13)14/h2-9,11H,1,10H2,(H,19,22). The molecule has 1 aromatic heterocycles. The molecular weight excluding hydrogens is 324 g/mol. The van der Waals surface area contributed by atoms with Crippen LogP contribution in [0, 0.1) is 0 Å². The van der Waals surface area contributed by atoms with E-state index in [0.717, 1.165) is 0 Å². The summed E-state index contributed by atoms with van der Waals surface area (Å²) in [5.41, 5.74) is 1.37. The van der Waals surface area contributed by atoms with Gasteiger partial charge in [0.2, 0.25) is 0 Å². The molecule has 6 heteroatoms. The van der Waals surface area contributed by atoms with E-state index in [9.17, 15) is 13.8 Å². The highest BCUT2D eigenvalue weighted by molar-refractivity contribution is 7.99. The van der Waals surface area contributed by atoms with Crippen molar-refractivity contribution in [3.8, 4) is 0 Å². The highest BCUT2D eigenvalue weighted by Crippen LogP contribution is 2.30. The highest BCUT2D eigenvalue weighted by atomic mass is 32.2. The van der Waals surface area contributed by atoms with Gasteiger partial charge in [-0.3, -0.25) is 13.6 Å². The van der Waals surface area contributed by atoms with Crippen molar-refractivity contribution in [1.82, 2.24) is 9.29 Å². The monoisotopic (exact) mass is 338 g/mol. The molecule has 0 radical (unpaired) electrons. The minimum absolute atomic E-state index is 0.0731. The number of carbonyl (C=O) groups is 2. The molecule has 0 spiro atoms. The van der Waals surface area contributed by atoms with E-state index in [-0.39, 0.29) is 18.2 Å². The van der Waals surface area contributed by atoms with E-state index in [1.54, 1.807) is 48.7 Å². The molecule has 0 saturated heterocycles. The van der Waals surface area contributed by atoms with E-state index in [0.29, 0.717) is 26.9 Å². The molecule has 1 unspecified atom stereocenters. The van der Waals surface area contributed by atoms with Crippen molar-refractivity contribution in [2.75, 3.05) is 6.54 Å². The molecule has 120 valence electrons. The van der Waals surface area contributed by atoms with Gasteiger partial charge in [0.25, 0.3) is 5.91 Å². The Kier molecular flexibility index (Phi) is 3.11. The van der Waals surface area contributed by atoms with Crippen molar-refractivity contribution < 1.29 is 13.8 Å². The number of benzene rings is 2. The first-order valence-electron chi connectivity index (χ1n) is 7.38. The van der Waals surface area contributed by atoms with Gasteiger partial charge in [0.1, 0.15) is 0 Å². The largest absolute Gasteiger partial charge is 0.345 e. The molecule has 2 heterocycles. The summed E-state index contributed by atoms with van der Waals surface area (Å²) >= 11 is 0. The summed E-state index contributed by atoms with van der Waals surface area (Å²) in [5, 5.41) is 3.12. The lowest BCUT2D eigenvalue weighted by Crippen LogP contribution is -2.27. The maximum absolute atomic E-state index is 13.4. The summed E-state index contributed by atoms with van der Waals surface area (Å²) in [7, 11) is -2.86. The molecule has 5 nitrogen and oxygen atoms in total. The minimum Gasteiger partial charge on any atom is -0.345 e. The first-order valence-corrected chi connectivity index (χ1v) is 9.07. The summed E-state index contributed by atoms with van der Waals surface area (Å²) in [6.45, 7) is -0.0731. The molecular formula is C18H14N2O3S. The smallest absolute Gasteiger partial charge is 0.252 e. The van der Waals surface area contributed by atoms with Gasteiger partial charge >= 0.3 is 0 Å². The molecule has 1 amide bonds. The van der Waals surface area contributed by atoms with Gasteiger partial charge in [-0.15, -0.1) is 0 Å². The Hall–Kier alpha value is -2.86. The highest BCUT2D eigenvalue weighted by Gasteiger charge is 2.26. The fourth-order valence-electron chi connectivity index (χ4n) is 3.00. The number of Topliss-reactive ketones (excluding diaryl/α,β-unsaturated/α-hetero) is 1. The van der Waals surface area contributed by atoms with Crippen molar-refractivity contribution >= 4 is 38.2 Å². The number of hydrogen-bond acceptors (Lipinski definition) is 3. The molecule has 24 heavy (non-hydrogen) atoms. The number of rotatable bonds is 2. The van der Waals surface area contributed by atoms with Crippen LogP contribution in [0.1, 0.15) is 20.7 Å². The maximum atomic E-state index is 13.4. The third-order valence-corrected chi connectivity index (χ3v) is 6.13. The van der Waals surface area contributed by atoms with Gasteiger partial charge in [-0.05, 0) is 30.1 Å². The van der Waals surface area contributed by atoms with Gasteiger partial charge in [-0.1, -0.05) is 24.3 Å². The average molecular weight is 338 g/mol. The Morgan fingerprint density at radius 3 is 2.50 bits per heavy atom. The van der Waals surface area contributed by atoms with Crippen LogP contribution in [-0.2, 0) is 9.71 Å². The van der Waals surface area contributed by atoms with Crippen molar-refractivity contribution in [1.29, 1.82) is 0 Å². The summed E-state index contributed by atoms with van der Waals surface area (Å²) in [4.78, 5) is 25.1. The third-order valence-electron chi connectivity index (χ3n) is 4.18. The van der Waals surface area contributed by atoms with E-state index >= 15 is 0 Å².